The van der Waals surface area contributed by atoms with Crippen molar-refractivity contribution in [1.82, 2.24) is 14.9 Å². The van der Waals surface area contributed by atoms with Gasteiger partial charge in [-0.1, -0.05) is 23.7 Å². The molecule has 0 bridgehead atoms. The minimum Gasteiger partial charge on any atom is -0.394 e. The van der Waals surface area contributed by atoms with Crippen molar-refractivity contribution >= 4 is 34.8 Å². The van der Waals surface area contributed by atoms with Crippen LogP contribution in [0.5, 0.6) is 0 Å². The molecule has 2 N–H and O–H groups in total. The standard InChI is InChI=1S/C24H23ClN4O4S/c1-13-19-21(34-20(13)17-5-6-26-23(28-17)27-16-9-32-10-16)24(11-33-12-24)29(22(19)31)18(8-30)14-3-2-4-15(25)7-14/h2-7,16,18,30H,8-12H2,1H3,(H,26,27,28)/t18-/m1/s1. The van der Waals surface area contributed by atoms with Crippen LogP contribution in [0, 0.1) is 6.92 Å². The van der Waals surface area contributed by atoms with E-state index < -0.39 is 11.6 Å². The van der Waals surface area contributed by atoms with E-state index in [0.717, 1.165) is 26.6 Å². The van der Waals surface area contributed by atoms with Gasteiger partial charge in [-0.2, -0.15) is 0 Å². The number of nitrogens with zero attached hydrogens (tertiary/aromatic N) is 3. The lowest BCUT2D eigenvalue weighted by Crippen LogP contribution is -2.58. The molecular weight excluding hydrogens is 476 g/mol. The third-order valence-corrected chi connectivity index (χ3v) is 8.47. The maximum atomic E-state index is 13.9. The molecule has 0 unspecified atom stereocenters. The molecule has 1 amide bonds. The number of aromatic nitrogens is 2. The summed E-state index contributed by atoms with van der Waals surface area (Å²) in [5, 5.41) is 14.2. The van der Waals surface area contributed by atoms with Gasteiger partial charge < -0.3 is 24.8 Å². The highest BCUT2D eigenvalue weighted by Crippen LogP contribution is 2.54. The lowest BCUT2D eigenvalue weighted by molar-refractivity contribution is -0.139. The third kappa shape index (κ3) is 3.26. The fourth-order valence-corrected chi connectivity index (χ4v) is 6.50. The average molecular weight is 499 g/mol. The van der Waals surface area contributed by atoms with Crippen molar-refractivity contribution in [2.75, 3.05) is 38.4 Å². The molecule has 0 saturated carbocycles. The van der Waals surface area contributed by atoms with Crippen molar-refractivity contribution in [3.63, 3.8) is 0 Å². The Morgan fingerprint density at radius 3 is 2.79 bits per heavy atom. The predicted octanol–water partition coefficient (Wildman–Crippen LogP) is 3.39. The highest BCUT2D eigenvalue weighted by molar-refractivity contribution is 7.16. The second-order valence-corrected chi connectivity index (χ2v) is 10.3. The number of fused-ring (bicyclic) bond motifs is 2. The average Bonchev–Trinajstić information content (AvgIpc) is 3.24. The van der Waals surface area contributed by atoms with Gasteiger partial charge in [0.1, 0.15) is 5.54 Å². The van der Waals surface area contributed by atoms with Gasteiger partial charge in [0.15, 0.2) is 0 Å². The molecule has 0 radical (unpaired) electrons. The summed E-state index contributed by atoms with van der Waals surface area (Å²) < 4.78 is 10.9. The summed E-state index contributed by atoms with van der Waals surface area (Å²) in [5.74, 6) is 0.450. The van der Waals surface area contributed by atoms with Crippen molar-refractivity contribution in [3.8, 4) is 10.6 Å². The summed E-state index contributed by atoms with van der Waals surface area (Å²) in [6, 6.07) is 8.88. The molecule has 176 valence electrons. The first-order chi connectivity index (χ1) is 16.5. The van der Waals surface area contributed by atoms with Crippen molar-refractivity contribution in [2.45, 2.75) is 24.5 Å². The van der Waals surface area contributed by atoms with Crippen LogP contribution in [-0.4, -0.2) is 65.0 Å². The minimum atomic E-state index is -0.604. The molecule has 34 heavy (non-hydrogen) atoms. The first-order valence-corrected chi connectivity index (χ1v) is 12.3. The molecule has 2 aromatic heterocycles. The molecule has 3 aromatic rings. The lowest BCUT2D eigenvalue weighted by atomic mass is 9.92. The van der Waals surface area contributed by atoms with E-state index >= 15 is 0 Å². The van der Waals surface area contributed by atoms with E-state index in [2.05, 4.69) is 10.3 Å². The number of carbonyl (C=O) groups is 1. The van der Waals surface area contributed by atoms with Gasteiger partial charge in [0.25, 0.3) is 5.91 Å². The number of hydrogen-bond donors (Lipinski definition) is 2. The quantitative estimate of drug-likeness (QED) is 0.537. The molecule has 8 nitrogen and oxygen atoms in total. The van der Waals surface area contributed by atoms with Gasteiger partial charge in [-0.3, -0.25) is 4.79 Å². The van der Waals surface area contributed by atoms with Crippen LogP contribution in [-0.2, 0) is 15.0 Å². The fourth-order valence-electron chi connectivity index (χ4n) is 4.88. The molecule has 5 heterocycles. The van der Waals surface area contributed by atoms with E-state index in [9.17, 15) is 9.90 Å². The number of nitrogens with one attached hydrogen (secondary N) is 1. The number of hydrogen-bond acceptors (Lipinski definition) is 8. The zero-order valence-electron chi connectivity index (χ0n) is 18.5. The molecular formula is C24H23ClN4O4S. The maximum absolute atomic E-state index is 13.9. The SMILES string of the molecule is Cc1c(-c2ccnc(NC3COC3)n2)sc2c1C(=O)N([C@H](CO)c1cccc(Cl)c1)C21COC1. The fraction of sp³-hybridized carbons (Fsp3) is 0.375. The summed E-state index contributed by atoms with van der Waals surface area (Å²) >= 11 is 7.79. The number of halogens is 1. The Bertz CT molecular complexity index is 1270. The number of ether oxygens (including phenoxy) is 2. The lowest BCUT2D eigenvalue weighted by Gasteiger charge is -2.48. The molecule has 3 aliphatic rings. The van der Waals surface area contributed by atoms with E-state index in [-0.39, 0.29) is 18.6 Å². The Labute approximate surface area is 205 Å². The van der Waals surface area contributed by atoms with Gasteiger partial charge in [0.05, 0.1) is 61.3 Å². The van der Waals surface area contributed by atoms with Gasteiger partial charge in [0.2, 0.25) is 5.95 Å². The van der Waals surface area contributed by atoms with Crippen molar-refractivity contribution < 1.29 is 19.4 Å². The minimum absolute atomic E-state index is 0.101. The smallest absolute Gasteiger partial charge is 0.256 e. The number of thiophene rings is 1. The van der Waals surface area contributed by atoms with Gasteiger partial charge >= 0.3 is 0 Å². The molecule has 1 aromatic carbocycles. The molecule has 1 atom stereocenters. The molecule has 1 spiro atoms. The first-order valence-electron chi connectivity index (χ1n) is 11.1. The number of carbonyl (C=O) groups excluding carboxylic acids is 1. The van der Waals surface area contributed by atoms with Crippen molar-refractivity contribution in [1.29, 1.82) is 0 Å². The van der Waals surface area contributed by atoms with Crippen LogP contribution in [0.25, 0.3) is 10.6 Å². The van der Waals surface area contributed by atoms with Crippen LogP contribution >= 0.6 is 22.9 Å². The van der Waals surface area contributed by atoms with Gasteiger partial charge in [-0.25, -0.2) is 9.97 Å². The van der Waals surface area contributed by atoms with Crippen LogP contribution in [0.4, 0.5) is 5.95 Å². The number of rotatable bonds is 6. The van der Waals surface area contributed by atoms with E-state index in [1.165, 1.54) is 0 Å². The molecule has 3 aliphatic heterocycles. The molecule has 10 heteroatoms. The maximum Gasteiger partial charge on any atom is 0.256 e. The molecule has 2 fully saturated rings. The monoisotopic (exact) mass is 498 g/mol. The topological polar surface area (TPSA) is 96.8 Å². The Kier molecular flexibility index (Phi) is 5.34. The van der Waals surface area contributed by atoms with Gasteiger partial charge in [-0.05, 0) is 36.2 Å². The normalized spacial score (nSPS) is 19.6. The van der Waals surface area contributed by atoms with Crippen LogP contribution in [0.15, 0.2) is 36.5 Å². The summed E-state index contributed by atoms with van der Waals surface area (Å²) in [4.78, 5) is 26.6. The highest BCUT2D eigenvalue weighted by atomic mass is 35.5. The van der Waals surface area contributed by atoms with Crippen LogP contribution in [0.1, 0.15) is 32.4 Å². The Hall–Kier alpha value is -2.56. The van der Waals surface area contributed by atoms with Gasteiger partial charge in [-0.15, -0.1) is 11.3 Å². The summed E-state index contributed by atoms with van der Waals surface area (Å²) in [7, 11) is 0. The second kappa shape index (κ2) is 8.28. The summed E-state index contributed by atoms with van der Waals surface area (Å²) in [6.07, 6.45) is 1.73. The summed E-state index contributed by atoms with van der Waals surface area (Å²) in [6.45, 7) is 3.82. The molecule has 2 saturated heterocycles. The second-order valence-electron chi connectivity index (χ2n) is 8.86. The highest BCUT2D eigenvalue weighted by Gasteiger charge is 2.59. The third-order valence-electron chi connectivity index (χ3n) is 6.72. The van der Waals surface area contributed by atoms with Crippen LogP contribution in [0.3, 0.4) is 0 Å². The first kappa shape index (κ1) is 21.9. The molecule has 0 aliphatic carbocycles. The van der Waals surface area contributed by atoms with E-state index in [1.54, 1.807) is 34.6 Å². The van der Waals surface area contributed by atoms with E-state index in [1.807, 2.05) is 25.1 Å². The zero-order valence-corrected chi connectivity index (χ0v) is 20.0. The van der Waals surface area contributed by atoms with E-state index in [0.29, 0.717) is 43.0 Å². The molecule has 6 rings (SSSR count). The Morgan fingerprint density at radius 1 is 1.32 bits per heavy atom. The van der Waals surface area contributed by atoms with Crippen molar-refractivity contribution in [2.24, 2.45) is 0 Å². The van der Waals surface area contributed by atoms with E-state index in [4.69, 9.17) is 26.1 Å². The summed E-state index contributed by atoms with van der Waals surface area (Å²) in [5.41, 5.74) is 2.54. The number of aliphatic hydroxyl groups excluding tert-OH is 1. The van der Waals surface area contributed by atoms with Gasteiger partial charge in [0, 0.05) is 16.1 Å². The number of amides is 1. The zero-order chi connectivity index (χ0) is 23.4. The van der Waals surface area contributed by atoms with Crippen LogP contribution < -0.4 is 5.32 Å². The van der Waals surface area contributed by atoms with Crippen LogP contribution in [0.2, 0.25) is 5.02 Å². The largest absolute Gasteiger partial charge is 0.394 e. The number of benzene rings is 1. The number of aliphatic hydroxyl groups is 1. The van der Waals surface area contributed by atoms with Crippen molar-refractivity contribution in [3.05, 3.63) is 63.1 Å². The Morgan fingerprint density at radius 2 is 2.15 bits per heavy atom. The predicted molar refractivity (Wildman–Crippen MR) is 128 cm³/mol. The number of anilines is 1. The Balaban J connectivity index is 1.39.